The van der Waals surface area contributed by atoms with E-state index in [4.69, 9.17) is 0 Å². The Kier molecular flexibility index (Phi) is 4.26. The van der Waals surface area contributed by atoms with Crippen LogP contribution in [0.5, 0.6) is 0 Å². The number of rotatable bonds is 2. The Balaban J connectivity index is 2.60. The zero-order valence-corrected chi connectivity index (χ0v) is 14.0. The molecule has 0 amide bonds. The zero-order valence-electron chi connectivity index (χ0n) is 13.2. The quantitative estimate of drug-likeness (QED) is 0.837. The van der Waals surface area contributed by atoms with E-state index >= 15 is 0 Å². The van der Waals surface area contributed by atoms with E-state index in [1.54, 1.807) is 4.31 Å². The smallest absolute Gasteiger partial charge is 0.207 e. The molecule has 2 rings (SSSR count). The van der Waals surface area contributed by atoms with Crippen molar-refractivity contribution in [3.8, 4) is 0 Å². The number of hydrogen-bond donors (Lipinski definition) is 0. The summed E-state index contributed by atoms with van der Waals surface area (Å²) >= 11 is 0. The molecule has 1 aromatic rings. The van der Waals surface area contributed by atoms with E-state index in [0.717, 1.165) is 41.5 Å². The van der Waals surface area contributed by atoms with Gasteiger partial charge in [0, 0.05) is 12.6 Å². The van der Waals surface area contributed by atoms with Crippen molar-refractivity contribution in [3.63, 3.8) is 0 Å². The summed E-state index contributed by atoms with van der Waals surface area (Å²) in [5, 5.41) is 0. The number of aryl methyl sites for hydroxylation is 2. The summed E-state index contributed by atoms with van der Waals surface area (Å²) < 4.78 is 27.8. The van der Waals surface area contributed by atoms with Gasteiger partial charge in [0.15, 0.2) is 0 Å². The SMILES string of the molecule is Cc1cc(C)c(C)c(S(=O)(=O)N2CCCC[C@H]2C)c1C. The van der Waals surface area contributed by atoms with E-state index < -0.39 is 10.0 Å². The molecule has 0 spiro atoms. The molecule has 1 heterocycles. The molecular formula is C16H25NO2S. The van der Waals surface area contributed by atoms with Crippen LogP contribution in [0.4, 0.5) is 0 Å². The maximum atomic E-state index is 13.1. The van der Waals surface area contributed by atoms with Crippen LogP contribution in [0.15, 0.2) is 11.0 Å². The van der Waals surface area contributed by atoms with Gasteiger partial charge in [-0.25, -0.2) is 8.42 Å². The number of hydrogen-bond acceptors (Lipinski definition) is 2. The monoisotopic (exact) mass is 295 g/mol. The molecule has 0 unspecified atom stereocenters. The molecule has 0 aliphatic carbocycles. The van der Waals surface area contributed by atoms with E-state index in [0.29, 0.717) is 11.4 Å². The van der Waals surface area contributed by atoms with Crippen LogP contribution in [0.25, 0.3) is 0 Å². The standard InChI is InChI=1S/C16H25NO2S/c1-11-10-12(2)15(5)16(14(11)4)20(18,19)17-9-7-6-8-13(17)3/h10,13H,6-9H2,1-5H3/t13-/m1/s1. The molecule has 1 saturated heterocycles. The molecule has 1 atom stereocenters. The van der Waals surface area contributed by atoms with Gasteiger partial charge in [-0.05, 0) is 69.7 Å². The topological polar surface area (TPSA) is 37.4 Å². The number of piperidine rings is 1. The predicted molar refractivity (Wildman–Crippen MR) is 82.6 cm³/mol. The number of sulfonamides is 1. The highest BCUT2D eigenvalue weighted by molar-refractivity contribution is 7.89. The second kappa shape index (κ2) is 5.49. The first-order chi connectivity index (χ1) is 9.26. The average molecular weight is 295 g/mol. The molecular weight excluding hydrogens is 270 g/mol. The van der Waals surface area contributed by atoms with Gasteiger partial charge in [0.25, 0.3) is 0 Å². The Morgan fingerprint density at radius 1 is 1.05 bits per heavy atom. The van der Waals surface area contributed by atoms with E-state index in [1.165, 1.54) is 0 Å². The summed E-state index contributed by atoms with van der Waals surface area (Å²) in [6, 6.07) is 2.18. The van der Waals surface area contributed by atoms with E-state index in [9.17, 15) is 8.42 Å². The van der Waals surface area contributed by atoms with Gasteiger partial charge in [0.05, 0.1) is 4.90 Å². The van der Waals surface area contributed by atoms with Gasteiger partial charge in [0.1, 0.15) is 0 Å². The third kappa shape index (κ3) is 2.51. The highest BCUT2D eigenvalue weighted by atomic mass is 32.2. The molecule has 1 fully saturated rings. The molecule has 1 aliphatic heterocycles. The summed E-state index contributed by atoms with van der Waals surface area (Å²) in [5.41, 5.74) is 3.89. The lowest BCUT2D eigenvalue weighted by atomic mass is 10.0. The fourth-order valence-corrected chi connectivity index (χ4v) is 5.39. The van der Waals surface area contributed by atoms with Gasteiger partial charge in [-0.15, -0.1) is 0 Å². The van der Waals surface area contributed by atoms with E-state index in [2.05, 4.69) is 6.07 Å². The summed E-state index contributed by atoms with van der Waals surface area (Å²) in [6.07, 6.45) is 3.05. The van der Waals surface area contributed by atoms with E-state index in [-0.39, 0.29) is 6.04 Å². The largest absolute Gasteiger partial charge is 0.243 e. The van der Waals surface area contributed by atoms with Gasteiger partial charge >= 0.3 is 0 Å². The Bertz CT molecular complexity index is 594. The van der Waals surface area contributed by atoms with Crippen molar-refractivity contribution >= 4 is 10.0 Å². The lowest BCUT2D eigenvalue weighted by Crippen LogP contribution is -2.42. The fraction of sp³-hybridized carbons (Fsp3) is 0.625. The fourth-order valence-electron chi connectivity index (χ4n) is 3.11. The summed E-state index contributed by atoms with van der Waals surface area (Å²) in [6.45, 7) is 10.5. The molecule has 1 aromatic carbocycles. The van der Waals surface area contributed by atoms with Crippen LogP contribution < -0.4 is 0 Å². The lowest BCUT2D eigenvalue weighted by molar-refractivity contribution is 0.268. The van der Waals surface area contributed by atoms with Crippen LogP contribution in [0.2, 0.25) is 0 Å². The second-order valence-electron chi connectivity index (χ2n) is 6.05. The molecule has 3 nitrogen and oxygen atoms in total. The maximum absolute atomic E-state index is 13.1. The minimum atomic E-state index is -3.38. The van der Waals surface area contributed by atoms with Crippen LogP contribution in [-0.2, 0) is 10.0 Å². The van der Waals surface area contributed by atoms with E-state index in [1.807, 2.05) is 34.6 Å². The molecule has 0 radical (unpaired) electrons. The van der Waals surface area contributed by atoms with Gasteiger partial charge in [0.2, 0.25) is 10.0 Å². The number of nitrogens with zero attached hydrogens (tertiary/aromatic N) is 1. The molecule has 20 heavy (non-hydrogen) atoms. The van der Waals surface area contributed by atoms with Crippen LogP contribution in [0.1, 0.15) is 48.4 Å². The lowest BCUT2D eigenvalue weighted by Gasteiger charge is -2.33. The van der Waals surface area contributed by atoms with Gasteiger partial charge in [-0.2, -0.15) is 4.31 Å². The summed E-state index contributed by atoms with van der Waals surface area (Å²) in [5.74, 6) is 0. The normalized spacial score (nSPS) is 21.1. The molecule has 1 aliphatic rings. The highest BCUT2D eigenvalue weighted by Crippen LogP contribution is 2.31. The summed E-state index contributed by atoms with van der Waals surface area (Å²) in [4.78, 5) is 0.531. The zero-order chi connectivity index (χ0) is 15.1. The molecule has 0 bridgehead atoms. The molecule has 0 aromatic heterocycles. The Hall–Kier alpha value is -0.870. The van der Waals surface area contributed by atoms with Crippen LogP contribution in [-0.4, -0.2) is 25.3 Å². The Labute approximate surface area is 123 Å². The van der Waals surface area contributed by atoms with Crippen molar-refractivity contribution in [2.45, 2.75) is 64.8 Å². The first-order valence-corrected chi connectivity index (χ1v) is 8.80. The van der Waals surface area contributed by atoms with Crippen molar-refractivity contribution in [1.29, 1.82) is 0 Å². The van der Waals surface area contributed by atoms with Gasteiger partial charge in [-0.3, -0.25) is 0 Å². The van der Waals surface area contributed by atoms with Crippen molar-refractivity contribution < 1.29 is 8.42 Å². The Morgan fingerprint density at radius 2 is 1.60 bits per heavy atom. The Morgan fingerprint density at radius 3 is 2.10 bits per heavy atom. The minimum absolute atomic E-state index is 0.105. The first-order valence-electron chi connectivity index (χ1n) is 7.36. The van der Waals surface area contributed by atoms with Crippen LogP contribution >= 0.6 is 0 Å². The van der Waals surface area contributed by atoms with Crippen molar-refractivity contribution in [2.24, 2.45) is 0 Å². The van der Waals surface area contributed by atoms with Gasteiger partial charge in [-0.1, -0.05) is 12.5 Å². The van der Waals surface area contributed by atoms with Crippen molar-refractivity contribution in [3.05, 3.63) is 28.3 Å². The molecule has 0 saturated carbocycles. The predicted octanol–water partition coefficient (Wildman–Crippen LogP) is 3.48. The summed E-state index contributed by atoms with van der Waals surface area (Å²) in [7, 11) is -3.38. The van der Waals surface area contributed by atoms with Crippen molar-refractivity contribution in [1.82, 2.24) is 4.31 Å². The molecule has 0 N–H and O–H groups in total. The third-order valence-electron chi connectivity index (χ3n) is 4.61. The average Bonchev–Trinajstić information content (AvgIpc) is 2.36. The molecule has 112 valence electrons. The van der Waals surface area contributed by atoms with Crippen LogP contribution in [0, 0.1) is 27.7 Å². The number of benzene rings is 1. The highest BCUT2D eigenvalue weighted by Gasteiger charge is 2.33. The maximum Gasteiger partial charge on any atom is 0.243 e. The second-order valence-corrected chi connectivity index (χ2v) is 7.88. The van der Waals surface area contributed by atoms with Crippen LogP contribution in [0.3, 0.4) is 0 Å². The molecule has 4 heteroatoms. The first kappa shape index (κ1) is 15.5. The minimum Gasteiger partial charge on any atom is -0.207 e. The van der Waals surface area contributed by atoms with Crippen molar-refractivity contribution in [2.75, 3.05) is 6.54 Å². The third-order valence-corrected chi connectivity index (χ3v) is 6.89. The van der Waals surface area contributed by atoms with Gasteiger partial charge < -0.3 is 0 Å².